The lowest BCUT2D eigenvalue weighted by Gasteiger charge is -2.27. The minimum atomic E-state index is 0.626. The van der Waals surface area contributed by atoms with Crippen LogP contribution >= 0.6 is 28.1 Å². The van der Waals surface area contributed by atoms with Crippen molar-refractivity contribution in [3.63, 3.8) is 0 Å². The van der Waals surface area contributed by atoms with E-state index >= 15 is 0 Å². The Hall–Kier alpha value is -2.44. The van der Waals surface area contributed by atoms with Crippen LogP contribution in [0.1, 0.15) is 18.1 Å². The molecule has 0 fully saturated rings. The van der Waals surface area contributed by atoms with E-state index < -0.39 is 0 Å². The maximum absolute atomic E-state index is 5.79. The smallest absolute Gasteiger partial charge is 0.174 e. The van der Waals surface area contributed by atoms with Gasteiger partial charge in [0.15, 0.2) is 5.11 Å². The van der Waals surface area contributed by atoms with Gasteiger partial charge in [0.2, 0.25) is 0 Å². The zero-order chi connectivity index (χ0) is 19.8. The van der Waals surface area contributed by atoms with Crippen LogP contribution in [0.5, 0.6) is 5.75 Å². The molecule has 0 atom stereocenters. The van der Waals surface area contributed by atoms with Gasteiger partial charge in [0.25, 0.3) is 0 Å². The first kappa shape index (κ1) is 20.3. The Bertz CT molecular complexity index is 903. The van der Waals surface area contributed by atoms with Gasteiger partial charge < -0.3 is 15.0 Å². The number of aromatic nitrogens is 1. The molecule has 1 N–H and O–H groups in total. The van der Waals surface area contributed by atoms with Crippen LogP contribution in [0, 0.1) is 0 Å². The molecule has 28 heavy (non-hydrogen) atoms. The van der Waals surface area contributed by atoms with Gasteiger partial charge in [0.1, 0.15) is 5.75 Å². The topological polar surface area (TPSA) is 37.4 Å². The number of hydrogen-bond donors (Lipinski definition) is 1. The molecule has 4 nitrogen and oxygen atoms in total. The Morgan fingerprint density at radius 3 is 2.57 bits per heavy atom. The Labute approximate surface area is 179 Å². The molecule has 0 saturated carbocycles. The van der Waals surface area contributed by atoms with Crippen LogP contribution < -0.4 is 10.1 Å². The SMILES string of the molecule is CCOc1ccccc1CN(Cc1cccnc1)C(=S)Nc1ccc(Br)cc1. The first-order valence-corrected chi connectivity index (χ1v) is 10.3. The highest BCUT2D eigenvalue weighted by molar-refractivity contribution is 9.10. The lowest BCUT2D eigenvalue weighted by molar-refractivity contribution is 0.327. The van der Waals surface area contributed by atoms with Crippen molar-refractivity contribution in [3.05, 3.63) is 88.7 Å². The summed E-state index contributed by atoms with van der Waals surface area (Å²) in [5, 5.41) is 3.99. The highest BCUT2D eigenvalue weighted by atomic mass is 79.9. The highest BCUT2D eigenvalue weighted by Gasteiger charge is 2.14. The first-order chi connectivity index (χ1) is 13.7. The summed E-state index contributed by atoms with van der Waals surface area (Å²) in [5.41, 5.74) is 3.13. The average molecular weight is 456 g/mol. The van der Waals surface area contributed by atoms with Gasteiger partial charge in [0.05, 0.1) is 6.61 Å². The van der Waals surface area contributed by atoms with E-state index in [1.165, 1.54) is 0 Å². The summed E-state index contributed by atoms with van der Waals surface area (Å²) in [6.07, 6.45) is 3.64. The van der Waals surface area contributed by atoms with Crippen LogP contribution in [0.3, 0.4) is 0 Å². The van der Waals surface area contributed by atoms with E-state index in [1.54, 1.807) is 6.20 Å². The monoisotopic (exact) mass is 455 g/mol. The van der Waals surface area contributed by atoms with Gasteiger partial charge in [-0.2, -0.15) is 0 Å². The molecule has 0 unspecified atom stereocenters. The molecule has 0 saturated heterocycles. The van der Waals surface area contributed by atoms with Crippen molar-refractivity contribution in [1.29, 1.82) is 0 Å². The standard InChI is InChI=1S/C22H22BrN3OS/c1-2-27-21-8-4-3-7-18(21)16-26(15-17-6-5-13-24-14-17)22(28)25-20-11-9-19(23)10-12-20/h3-14H,2,15-16H2,1H3,(H,25,28). The number of hydrogen-bond acceptors (Lipinski definition) is 3. The number of pyridine rings is 1. The number of nitrogens with one attached hydrogen (secondary N) is 1. The van der Waals surface area contributed by atoms with Gasteiger partial charge in [-0.3, -0.25) is 4.98 Å². The van der Waals surface area contributed by atoms with Gasteiger partial charge in [-0.1, -0.05) is 40.2 Å². The van der Waals surface area contributed by atoms with E-state index in [2.05, 4.69) is 43.3 Å². The van der Waals surface area contributed by atoms with Crippen LogP contribution in [0.4, 0.5) is 5.69 Å². The molecule has 1 heterocycles. The van der Waals surface area contributed by atoms with Crippen molar-refractivity contribution in [2.45, 2.75) is 20.0 Å². The zero-order valence-corrected chi connectivity index (χ0v) is 18.0. The van der Waals surface area contributed by atoms with E-state index in [0.29, 0.717) is 24.8 Å². The summed E-state index contributed by atoms with van der Waals surface area (Å²) in [4.78, 5) is 6.34. The first-order valence-electron chi connectivity index (χ1n) is 9.07. The molecule has 0 spiro atoms. The summed E-state index contributed by atoms with van der Waals surface area (Å²) in [6, 6.07) is 20.0. The zero-order valence-electron chi connectivity index (χ0n) is 15.6. The number of para-hydroxylation sites is 1. The van der Waals surface area contributed by atoms with Crippen LogP contribution in [0.2, 0.25) is 0 Å². The Kier molecular flexibility index (Phi) is 7.39. The second kappa shape index (κ2) is 10.2. The average Bonchev–Trinajstić information content (AvgIpc) is 2.71. The predicted octanol–water partition coefficient (Wildman–Crippen LogP) is 5.64. The Balaban J connectivity index is 1.82. The fourth-order valence-electron chi connectivity index (χ4n) is 2.78. The number of ether oxygens (including phenoxy) is 1. The van der Waals surface area contributed by atoms with Crippen molar-refractivity contribution in [1.82, 2.24) is 9.88 Å². The van der Waals surface area contributed by atoms with Crippen LogP contribution in [0.15, 0.2) is 77.5 Å². The van der Waals surface area contributed by atoms with Crippen molar-refractivity contribution in [3.8, 4) is 5.75 Å². The molecule has 6 heteroatoms. The third kappa shape index (κ3) is 5.78. The summed E-state index contributed by atoms with van der Waals surface area (Å²) >= 11 is 9.20. The largest absolute Gasteiger partial charge is 0.494 e. The highest BCUT2D eigenvalue weighted by Crippen LogP contribution is 2.22. The third-order valence-corrected chi connectivity index (χ3v) is 5.00. The minimum absolute atomic E-state index is 0.626. The molecule has 0 radical (unpaired) electrons. The lowest BCUT2D eigenvalue weighted by atomic mass is 10.1. The van der Waals surface area contributed by atoms with Gasteiger partial charge in [0, 0.05) is 41.2 Å². The maximum atomic E-state index is 5.79. The van der Waals surface area contributed by atoms with Gasteiger partial charge >= 0.3 is 0 Å². The van der Waals surface area contributed by atoms with Crippen molar-refractivity contribution in [2.24, 2.45) is 0 Å². The second-order valence-corrected chi connectivity index (χ2v) is 7.50. The van der Waals surface area contributed by atoms with Crippen molar-refractivity contribution < 1.29 is 4.74 Å². The second-order valence-electron chi connectivity index (χ2n) is 6.20. The summed E-state index contributed by atoms with van der Waals surface area (Å²) < 4.78 is 6.82. The van der Waals surface area contributed by atoms with Gasteiger partial charge in [-0.05, 0) is 61.1 Å². The van der Waals surface area contributed by atoms with E-state index in [1.807, 2.05) is 61.7 Å². The van der Waals surface area contributed by atoms with Crippen LogP contribution in [0.25, 0.3) is 0 Å². The van der Waals surface area contributed by atoms with Crippen molar-refractivity contribution in [2.75, 3.05) is 11.9 Å². The molecule has 0 aliphatic heterocycles. The summed E-state index contributed by atoms with van der Waals surface area (Å²) in [5.74, 6) is 0.882. The van der Waals surface area contributed by atoms with Crippen LogP contribution in [-0.4, -0.2) is 21.6 Å². The molecule has 3 aromatic rings. The summed E-state index contributed by atoms with van der Waals surface area (Å²) in [7, 11) is 0. The molecule has 144 valence electrons. The minimum Gasteiger partial charge on any atom is -0.494 e. The number of rotatable bonds is 7. The Morgan fingerprint density at radius 2 is 1.86 bits per heavy atom. The molecule has 3 rings (SSSR count). The molecule has 2 aromatic carbocycles. The molecule has 0 aliphatic carbocycles. The van der Waals surface area contributed by atoms with Gasteiger partial charge in [-0.25, -0.2) is 0 Å². The number of anilines is 1. The Morgan fingerprint density at radius 1 is 1.07 bits per heavy atom. The van der Waals surface area contributed by atoms with Crippen molar-refractivity contribution >= 4 is 38.9 Å². The molecular weight excluding hydrogens is 434 g/mol. The number of halogens is 1. The van der Waals surface area contributed by atoms with E-state index in [0.717, 1.165) is 27.0 Å². The number of thiocarbonyl (C=S) groups is 1. The van der Waals surface area contributed by atoms with E-state index in [4.69, 9.17) is 17.0 Å². The summed E-state index contributed by atoms with van der Waals surface area (Å²) in [6.45, 7) is 3.90. The maximum Gasteiger partial charge on any atom is 0.174 e. The third-order valence-electron chi connectivity index (χ3n) is 4.11. The molecule has 1 aromatic heterocycles. The number of nitrogens with zero attached hydrogens (tertiary/aromatic N) is 2. The van der Waals surface area contributed by atoms with E-state index in [9.17, 15) is 0 Å². The molecule has 0 bridgehead atoms. The quantitative estimate of drug-likeness (QED) is 0.466. The lowest BCUT2D eigenvalue weighted by Crippen LogP contribution is -2.34. The fraction of sp³-hybridized carbons (Fsp3) is 0.182. The number of benzene rings is 2. The van der Waals surface area contributed by atoms with Gasteiger partial charge in [-0.15, -0.1) is 0 Å². The van der Waals surface area contributed by atoms with E-state index in [-0.39, 0.29) is 0 Å². The normalized spacial score (nSPS) is 10.4. The predicted molar refractivity (Wildman–Crippen MR) is 121 cm³/mol. The molecular formula is C22H22BrN3OS. The fourth-order valence-corrected chi connectivity index (χ4v) is 3.29. The van der Waals surface area contributed by atoms with Crippen LogP contribution in [-0.2, 0) is 13.1 Å². The molecule has 0 amide bonds. The molecule has 0 aliphatic rings.